The van der Waals surface area contributed by atoms with Crippen LogP contribution in [0.25, 0.3) is 0 Å². The van der Waals surface area contributed by atoms with Crippen molar-refractivity contribution in [1.82, 2.24) is 4.98 Å². The second-order valence-electron chi connectivity index (χ2n) is 3.15. The second-order valence-corrected chi connectivity index (χ2v) is 4.02. The number of hydrogen-bond acceptors (Lipinski definition) is 4. The van der Waals surface area contributed by atoms with Crippen molar-refractivity contribution in [3.63, 3.8) is 0 Å². The van der Waals surface area contributed by atoms with Crippen molar-refractivity contribution in [2.45, 2.75) is 25.3 Å². The zero-order valence-electron chi connectivity index (χ0n) is 7.31. The summed E-state index contributed by atoms with van der Waals surface area (Å²) in [6.45, 7) is 0.828. The molecule has 0 aromatic carbocycles. The molecule has 1 fully saturated rings. The lowest BCUT2D eigenvalue weighted by atomic mass is 10.4. The van der Waals surface area contributed by atoms with Crippen LogP contribution in [0.4, 0.5) is 5.13 Å². The molecule has 4 heteroatoms. The van der Waals surface area contributed by atoms with Gasteiger partial charge in [0.25, 0.3) is 0 Å². The van der Waals surface area contributed by atoms with Crippen molar-refractivity contribution in [2.75, 3.05) is 11.4 Å². The minimum absolute atomic E-state index is 0.593. The summed E-state index contributed by atoms with van der Waals surface area (Å²) in [5, 5.41) is 11.6. The summed E-state index contributed by atoms with van der Waals surface area (Å²) in [5.74, 6) is 0. The molecule has 0 saturated heterocycles. The maximum absolute atomic E-state index is 8.52. The Morgan fingerprint density at radius 2 is 2.54 bits per heavy atom. The quantitative estimate of drug-likeness (QED) is 0.734. The summed E-state index contributed by atoms with van der Waals surface area (Å²) in [5.41, 5.74) is 0. The number of aromatic nitrogens is 1. The Hall–Kier alpha value is -1.08. The molecular formula is C9H11N3S. The fourth-order valence-corrected chi connectivity index (χ4v) is 2.09. The standard InChI is InChI=1S/C9H11N3S/c10-4-1-6-12(8-2-3-8)9-11-5-7-13-9/h5,7-8H,1-3,6H2. The van der Waals surface area contributed by atoms with E-state index in [1.165, 1.54) is 12.8 Å². The van der Waals surface area contributed by atoms with Gasteiger partial charge >= 0.3 is 0 Å². The van der Waals surface area contributed by atoms with E-state index < -0.39 is 0 Å². The molecule has 1 heterocycles. The number of hydrogen-bond donors (Lipinski definition) is 0. The van der Waals surface area contributed by atoms with Crippen molar-refractivity contribution in [3.05, 3.63) is 11.6 Å². The molecule has 0 radical (unpaired) electrons. The van der Waals surface area contributed by atoms with Crippen LogP contribution in [0.5, 0.6) is 0 Å². The van der Waals surface area contributed by atoms with Crippen LogP contribution >= 0.6 is 11.3 Å². The zero-order valence-corrected chi connectivity index (χ0v) is 8.13. The van der Waals surface area contributed by atoms with Crippen molar-refractivity contribution in [2.24, 2.45) is 0 Å². The fourth-order valence-electron chi connectivity index (χ4n) is 1.35. The van der Waals surface area contributed by atoms with Gasteiger partial charge in [-0.1, -0.05) is 0 Å². The first-order valence-electron chi connectivity index (χ1n) is 4.45. The average molecular weight is 193 g/mol. The van der Waals surface area contributed by atoms with Crippen molar-refractivity contribution in [1.29, 1.82) is 5.26 Å². The molecule has 68 valence electrons. The summed E-state index contributed by atoms with van der Waals surface area (Å²) in [6, 6.07) is 2.83. The van der Waals surface area contributed by atoms with E-state index in [9.17, 15) is 0 Å². The first-order chi connectivity index (χ1) is 6.42. The molecule has 1 saturated carbocycles. The molecule has 0 unspecified atom stereocenters. The lowest BCUT2D eigenvalue weighted by Crippen LogP contribution is -2.26. The van der Waals surface area contributed by atoms with E-state index in [0.717, 1.165) is 11.7 Å². The molecule has 2 rings (SSSR count). The van der Waals surface area contributed by atoms with Gasteiger partial charge in [0, 0.05) is 24.2 Å². The predicted octanol–water partition coefficient (Wildman–Crippen LogP) is 2.03. The predicted molar refractivity (Wildman–Crippen MR) is 52.7 cm³/mol. The average Bonchev–Trinajstić information content (AvgIpc) is 2.82. The Kier molecular flexibility index (Phi) is 2.46. The van der Waals surface area contributed by atoms with Gasteiger partial charge in [-0.2, -0.15) is 5.26 Å². The van der Waals surface area contributed by atoms with Gasteiger partial charge in [-0.05, 0) is 12.8 Å². The molecule has 0 spiro atoms. The highest BCUT2D eigenvalue weighted by Crippen LogP contribution is 2.32. The van der Waals surface area contributed by atoms with E-state index >= 15 is 0 Å². The maximum Gasteiger partial charge on any atom is 0.185 e. The highest BCUT2D eigenvalue weighted by molar-refractivity contribution is 7.13. The van der Waals surface area contributed by atoms with E-state index in [-0.39, 0.29) is 0 Å². The SMILES string of the molecule is N#CCCN(c1nccs1)C1CC1. The lowest BCUT2D eigenvalue weighted by Gasteiger charge is -2.19. The van der Waals surface area contributed by atoms with E-state index in [2.05, 4.69) is 16.0 Å². The lowest BCUT2D eigenvalue weighted by molar-refractivity contribution is 0.789. The maximum atomic E-state index is 8.52. The number of nitriles is 1. The van der Waals surface area contributed by atoms with Gasteiger partial charge in [0.1, 0.15) is 0 Å². The monoisotopic (exact) mass is 193 g/mol. The van der Waals surface area contributed by atoms with Crippen molar-refractivity contribution >= 4 is 16.5 Å². The van der Waals surface area contributed by atoms with Gasteiger partial charge in [0.2, 0.25) is 0 Å². The fraction of sp³-hybridized carbons (Fsp3) is 0.556. The number of rotatable bonds is 4. The Labute approximate surface area is 81.6 Å². The van der Waals surface area contributed by atoms with Crippen LogP contribution in [0.15, 0.2) is 11.6 Å². The number of thiazole rings is 1. The molecule has 0 bridgehead atoms. The minimum atomic E-state index is 0.593. The summed E-state index contributed by atoms with van der Waals surface area (Å²) in [6.07, 6.45) is 4.92. The zero-order chi connectivity index (χ0) is 9.10. The van der Waals surface area contributed by atoms with E-state index in [1.807, 2.05) is 11.6 Å². The molecule has 1 aromatic rings. The third-order valence-corrected chi connectivity index (χ3v) is 2.93. The van der Waals surface area contributed by atoms with Crippen LogP contribution < -0.4 is 4.90 Å². The Bertz CT molecular complexity index is 297. The molecule has 1 aliphatic carbocycles. The molecule has 1 aromatic heterocycles. The molecule has 0 aliphatic heterocycles. The van der Waals surface area contributed by atoms with Crippen LogP contribution in [-0.4, -0.2) is 17.6 Å². The second kappa shape index (κ2) is 3.75. The van der Waals surface area contributed by atoms with E-state index in [4.69, 9.17) is 5.26 Å². The molecule has 0 amide bonds. The smallest absolute Gasteiger partial charge is 0.185 e. The summed E-state index contributed by atoms with van der Waals surface area (Å²) >= 11 is 1.66. The van der Waals surface area contributed by atoms with Crippen LogP contribution in [0.2, 0.25) is 0 Å². The van der Waals surface area contributed by atoms with Crippen LogP contribution in [-0.2, 0) is 0 Å². The third-order valence-electron chi connectivity index (χ3n) is 2.12. The number of nitrogens with zero attached hydrogens (tertiary/aromatic N) is 3. The highest BCUT2D eigenvalue weighted by atomic mass is 32.1. The molecule has 0 atom stereocenters. The Morgan fingerprint density at radius 3 is 3.08 bits per heavy atom. The molecule has 13 heavy (non-hydrogen) atoms. The number of anilines is 1. The summed E-state index contributed by atoms with van der Waals surface area (Å²) < 4.78 is 0. The van der Waals surface area contributed by atoms with Crippen molar-refractivity contribution in [3.8, 4) is 6.07 Å². The van der Waals surface area contributed by atoms with Crippen LogP contribution in [0.3, 0.4) is 0 Å². The topological polar surface area (TPSA) is 39.9 Å². The minimum Gasteiger partial charge on any atom is -0.344 e. The van der Waals surface area contributed by atoms with Gasteiger partial charge in [0.15, 0.2) is 5.13 Å². The molecule has 3 nitrogen and oxygen atoms in total. The van der Waals surface area contributed by atoms with Gasteiger partial charge in [-0.15, -0.1) is 11.3 Å². The van der Waals surface area contributed by atoms with Gasteiger partial charge in [-0.3, -0.25) is 0 Å². The largest absolute Gasteiger partial charge is 0.344 e. The highest BCUT2D eigenvalue weighted by Gasteiger charge is 2.29. The van der Waals surface area contributed by atoms with Crippen LogP contribution in [0.1, 0.15) is 19.3 Å². The summed E-state index contributed by atoms with van der Waals surface area (Å²) in [4.78, 5) is 6.52. The van der Waals surface area contributed by atoms with E-state index in [0.29, 0.717) is 12.5 Å². The third kappa shape index (κ3) is 1.99. The molecule has 1 aliphatic rings. The Morgan fingerprint density at radius 1 is 1.69 bits per heavy atom. The van der Waals surface area contributed by atoms with Gasteiger partial charge in [0.05, 0.1) is 12.5 Å². The molecule has 0 N–H and O–H groups in total. The summed E-state index contributed by atoms with van der Waals surface area (Å²) in [7, 11) is 0. The van der Waals surface area contributed by atoms with Gasteiger partial charge < -0.3 is 4.90 Å². The first-order valence-corrected chi connectivity index (χ1v) is 5.33. The Balaban J connectivity index is 2.02. The van der Waals surface area contributed by atoms with Crippen LogP contribution in [0, 0.1) is 11.3 Å². The van der Waals surface area contributed by atoms with E-state index in [1.54, 1.807) is 11.3 Å². The molecular weight excluding hydrogens is 182 g/mol. The first kappa shape index (κ1) is 8.52. The van der Waals surface area contributed by atoms with Gasteiger partial charge in [-0.25, -0.2) is 4.98 Å². The van der Waals surface area contributed by atoms with Crippen molar-refractivity contribution < 1.29 is 0 Å². The normalized spacial score (nSPS) is 15.3.